The van der Waals surface area contributed by atoms with Crippen molar-refractivity contribution in [3.63, 3.8) is 0 Å². The summed E-state index contributed by atoms with van der Waals surface area (Å²) < 4.78 is 0. The minimum absolute atomic E-state index is 0.725. The Morgan fingerprint density at radius 1 is 1.44 bits per heavy atom. The summed E-state index contributed by atoms with van der Waals surface area (Å²) in [6, 6.07) is 4.19. The van der Waals surface area contributed by atoms with Gasteiger partial charge in [0.05, 0.1) is 6.54 Å². The largest absolute Gasteiger partial charge is 0.356 e. The first-order valence-electron chi connectivity index (χ1n) is 5.69. The number of thiophene rings is 1. The number of aliphatic imine (C=N–C) groups is 1. The molecule has 0 spiro atoms. The summed E-state index contributed by atoms with van der Waals surface area (Å²) in [6.45, 7) is 6.27. The molecule has 0 saturated heterocycles. The number of rotatable bonds is 5. The second-order valence-electron chi connectivity index (χ2n) is 4.11. The molecule has 3 nitrogen and oxygen atoms in total. The molecule has 4 heteroatoms. The maximum Gasteiger partial charge on any atom is 0.191 e. The van der Waals surface area contributed by atoms with Gasteiger partial charge < -0.3 is 10.6 Å². The Labute approximate surface area is 102 Å². The van der Waals surface area contributed by atoms with E-state index in [1.165, 1.54) is 11.3 Å². The van der Waals surface area contributed by atoms with Gasteiger partial charge in [-0.15, -0.1) is 11.3 Å². The molecule has 1 aromatic heterocycles. The van der Waals surface area contributed by atoms with Gasteiger partial charge in [0.1, 0.15) is 0 Å². The van der Waals surface area contributed by atoms with E-state index >= 15 is 0 Å². The third kappa shape index (κ3) is 5.16. The second kappa shape index (κ2) is 7.28. The van der Waals surface area contributed by atoms with Crippen LogP contribution in [0.2, 0.25) is 0 Å². The van der Waals surface area contributed by atoms with Gasteiger partial charge in [-0.1, -0.05) is 19.9 Å². The van der Waals surface area contributed by atoms with Crippen molar-refractivity contribution < 1.29 is 0 Å². The van der Waals surface area contributed by atoms with Crippen LogP contribution in [0.4, 0.5) is 0 Å². The van der Waals surface area contributed by atoms with Crippen molar-refractivity contribution in [2.24, 2.45) is 10.9 Å². The summed E-state index contributed by atoms with van der Waals surface area (Å²) in [7, 11) is 1.80. The summed E-state index contributed by atoms with van der Waals surface area (Å²) in [5, 5.41) is 8.69. The number of guanidine groups is 1. The van der Waals surface area contributed by atoms with Crippen LogP contribution < -0.4 is 10.6 Å². The summed E-state index contributed by atoms with van der Waals surface area (Å²) in [5.41, 5.74) is 0. The fourth-order valence-corrected chi connectivity index (χ4v) is 1.93. The van der Waals surface area contributed by atoms with E-state index in [0.717, 1.165) is 25.0 Å². The van der Waals surface area contributed by atoms with Gasteiger partial charge in [-0.05, 0) is 23.8 Å². The number of nitrogens with zero attached hydrogens (tertiary/aromatic N) is 1. The lowest BCUT2D eigenvalue weighted by Crippen LogP contribution is -2.37. The molecule has 16 heavy (non-hydrogen) atoms. The van der Waals surface area contributed by atoms with Crippen molar-refractivity contribution in [3.8, 4) is 0 Å². The molecular formula is C12H21N3S. The van der Waals surface area contributed by atoms with Crippen molar-refractivity contribution in [3.05, 3.63) is 22.4 Å². The highest BCUT2D eigenvalue weighted by atomic mass is 32.1. The zero-order valence-corrected chi connectivity index (χ0v) is 11.1. The van der Waals surface area contributed by atoms with E-state index in [4.69, 9.17) is 0 Å². The van der Waals surface area contributed by atoms with Gasteiger partial charge >= 0.3 is 0 Å². The topological polar surface area (TPSA) is 36.4 Å². The second-order valence-corrected chi connectivity index (χ2v) is 5.15. The summed E-state index contributed by atoms with van der Waals surface area (Å²) in [5.74, 6) is 1.61. The maximum atomic E-state index is 4.18. The van der Waals surface area contributed by atoms with E-state index in [2.05, 4.69) is 47.0 Å². The zero-order chi connectivity index (χ0) is 11.8. The Bertz CT molecular complexity index is 304. The van der Waals surface area contributed by atoms with E-state index in [-0.39, 0.29) is 0 Å². The van der Waals surface area contributed by atoms with Gasteiger partial charge in [-0.2, -0.15) is 0 Å². The average molecular weight is 239 g/mol. The third-order valence-corrected chi connectivity index (χ3v) is 3.12. The fraction of sp³-hybridized carbons (Fsp3) is 0.583. The predicted molar refractivity (Wildman–Crippen MR) is 72.0 cm³/mol. The van der Waals surface area contributed by atoms with Crippen molar-refractivity contribution in [2.75, 3.05) is 13.6 Å². The quantitative estimate of drug-likeness (QED) is 0.612. The van der Waals surface area contributed by atoms with Gasteiger partial charge in [0.15, 0.2) is 5.96 Å². The molecule has 0 unspecified atom stereocenters. The lowest BCUT2D eigenvalue weighted by atomic mass is 10.1. The van der Waals surface area contributed by atoms with E-state index in [9.17, 15) is 0 Å². The lowest BCUT2D eigenvalue weighted by Gasteiger charge is -2.12. The van der Waals surface area contributed by atoms with Gasteiger partial charge in [0.25, 0.3) is 0 Å². The number of hydrogen-bond acceptors (Lipinski definition) is 2. The molecule has 0 atom stereocenters. The SMILES string of the molecule is CN=C(NCCC(C)C)NCc1cccs1. The van der Waals surface area contributed by atoms with E-state index in [1.54, 1.807) is 18.4 Å². The molecule has 1 aromatic rings. The minimum Gasteiger partial charge on any atom is -0.356 e. The van der Waals surface area contributed by atoms with Crippen LogP contribution in [0.15, 0.2) is 22.5 Å². The van der Waals surface area contributed by atoms with Gasteiger partial charge in [0, 0.05) is 18.5 Å². The zero-order valence-electron chi connectivity index (χ0n) is 10.3. The molecular weight excluding hydrogens is 218 g/mol. The van der Waals surface area contributed by atoms with Crippen LogP contribution >= 0.6 is 11.3 Å². The van der Waals surface area contributed by atoms with Crippen molar-refractivity contribution in [2.45, 2.75) is 26.8 Å². The van der Waals surface area contributed by atoms with Crippen LogP contribution in [0.5, 0.6) is 0 Å². The molecule has 0 aliphatic carbocycles. The molecule has 0 bridgehead atoms. The van der Waals surface area contributed by atoms with Crippen LogP contribution in [-0.4, -0.2) is 19.6 Å². The Kier molecular flexibility index (Phi) is 5.93. The van der Waals surface area contributed by atoms with Crippen molar-refractivity contribution in [1.29, 1.82) is 0 Å². The van der Waals surface area contributed by atoms with Gasteiger partial charge in [-0.25, -0.2) is 0 Å². The monoisotopic (exact) mass is 239 g/mol. The van der Waals surface area contributed by atoms with E-state index in [1.807, 2.05) is 0 Å². The summed E-state index contributed by atoms with van der Waals surface area (Å²) in [4.78, 5) is 5.51. The number of nitrogens with one attached hydrogen (secondary N) is 2. The Hall–Kier alpha value is -1.03. The Morgan fingerprint density at radius 2 is 2.25 bits per heavy atom. The molecule has 1 rings (SSSR count). The van der Waals surface area contributed by atoms with Crippen molar-refractivity contribution in [1.82, 2.24) is 10.6 Å². The third-order valence-electron chi connectivity index (χ3n) is 2.25. The first-order chi connectivity index (χ1) is 7.72. The normalized spacial score (nSPS) is 11.9. The molecule has 90 valence electrons. The molecule has 0 aliphatic rings. The van der Waals surface area contributed by atoms with Crippen molar-refractivity contribution >= 4 is 17.3 Å². The molecule has 0 aliphatic heterocycles. The van der Waals surface area contributed by atoms with Gasteiger partial charge in [-0.3, -0.25) is 4.99 Å². The first-order valence-corrected chi connectivity index (χ1v) is 6.57. The van der Waals surface area contributed by atoms with Crippen LogP contribution in [0.1, 0.15) is 25.1 Å². The Balaban J connectivity index is 2.22. The molecule has 2 N–H and O–H groups in total. The highest BCUT2D eigenvalue weighted by molar-refractivity contribution is 7.09. The predicted octanol–water partition coefficient (Wildman–Crippen LogP) is 2.46. The van der Waals surface area contributed by atoms with Gasteiger partial charge in [0.2, 0.25) is 0 Å². The summed E-state index contributed by atoms with van der Waals surface area (Å²) >= 11 is 1.76. The molecule has 0 radical (unpaired) electrons. The number of hydrogen-bond donors (Lipinski definition) is 2. The van der Waals surface area contributed by atoms with Crippen LogP contribution in [0, 0.1) is 5.92 Å². The fourth-order valence-electron chi connectivity index (χ4n) is 1.28. The first kappa shape index (κ1) is 13.0. The molecule has 0 fully saturated rings. The lowest BCUT2D eigenvalue weighted by molar-refractivity contribution is 0.574. The summed E-state index contributed by atoms with van der Waals surface area (Å²) in [6.07, 6.45) is 1.17. The molecule has 0 aromatic carbocycles. The maximum absolute atomic E-state index is 4.18. The van der Waals surface area contributed by atoms with Crippen LogP contribution in [0.25, 0.3) is 0 Å². The highest BCUT2D eigenvalue weighted by Crippen LogP contribution is 2.07. The minimum atomic E-state index is 0.725. The molecule has 0 amide bonds. The van der Waals surface area contributed by atoms with E-state index in [0.29, 0.717) is 0 Å². The average Bonchev–Trinajstić information content (AvgIpc) is 2.75. The van der Waals surface area contributed by atoms with Crippen LogP contribution in [0.3, 0.4) is 0 Å². The van der Waals surface area contributed by atoms with Crippen LogP contribution in [-0.2, 0) is 6.54 Å². The molecule has 0 saturated carbocycles. The standard InChI is InChI=1S/C12H21N3S/c1-10(2)6-7-14-12(13-3)15-9-11-5-4-8-16-11/h4-5,8,10H,6-7,9H2,1-3H3,(H2,13,14,15). The van der Waals surface area contributed by atoms with E-state index < -0.39 is 0 Å². The smallest absolute Gasteiger partial charge is 0.191 e. The Morgan fingerprint density at radius 3 is 2.81 bits per heavy atom. The highest BCUT2D eigenvalue weighted by Gasteiger charge is 1.99. The molecule has 1 heterocycles.